The first-order chi connectivity index (χ1) is 25.9. The monoisotopic (exact) mass is 765 g/mol. The van der Waals surface area contributed by atoms with Crippen molar-refractivity contribution in [1.82, 2.24) is 15.2 Å². The second-order valence-corrected chi connectivity index (χ2v) is 16.4. The summed E-state index contributed by atoms with van der Waals surface area (Å²) in [4.78, 5) is 61.6. The number of nitrogens with one attached hydrogen (secondary N) is 1. The first-order valence-corrected chi connectivity index (χ1v) is 19.5. The van der Waals surface area contributed by atoms with Gasteiger partial charge in [0.25, 0.3) is 0 Å². The molecule has 3 N–H and O–H groups in total. The lowest BCUT2D eigenvalue weighted by molar-refractivity contribution is -0.173. The number of benzene rings is 1. The van der Waals surface area contributed by atoms with Crippen LogP contribution in [0.4, 0.5) is 4.79 Å². The zero-order valence-corrected chi connectivity index (χ0v) is 33.6. The molecule has 0 bridgehead atoms. The Bertz CT molecular complexity index is 1750. The summed E-state index contributed by atoms with van der Waals surface area (Å²) in [7, 11) is 3.62. The SMILES string of the molecule is CC[C@H]1OC(=O)[C@H](C)C(=O)[C@H](C)[C@H]2O[C@@H]([C@H](O)[C@H](C[C@@H](C)O)N(C)C)C[C@@]2(OC/C=C/c2cnc3ccccc3c2)C[C@@H](C)C(=O)[C@H](C)[C@H]2NC(=O)O[C@@]21C. The number of nitrogens with zero attached hydrogens (tertiary/aromatic N) is 2. The second kappa shape index (κ2) is 17.2. The fourth-order valence-electron chi connectivity index (χ4n) is 9.01. The average Bonchev–Trinajstić information content (AvgIpc) is 3.68. The Morgan fingerprint density at radius 3 is 2.44 bits per heavy atom. The van der Waals surface area contributed by atoms with E-state index in [4.69, 9.17) is 18.9 Å². The summed E-state index contributed by atoms with van der Waals surface area (Å²) in [5.41, 5.74) is -0.949. The van der Waals surface area contributed by atoms with Gasteiger partial charge in [0, 0.05) is 41.8 Å². The summed E-state index contributed by atoms with van der Waals surface area (Å²) in [5, 5.41) is 26.0. The van der Waals surface area contributed by atoms with Crippen LogP contribution < -0.4 is 5.32 Å². The van der Waals surface area contributed by atoms with E-state index in [9.17, 15) is 29.4 Å². The van der Waals surface area contributed by atoms with Crippen molar-refractivity contribution in [3.8, 4) is 0 Å². The number of aliphatic hydroxyl groups is 2. The van der Waals surface area contributed by atoms with Gasteiger partial charge in [0.15, 0.2) is 11.4 Å². The van der Waals surface area contributed by atoms with E-state index in [2.05, 4.69) is 10.3 Å². The highest BCUT2D eigenvalue weighted by molar-refractivity contribution is 6.00. The third-order valence-electron chi connectivity index (χ3n) is 12.0. The van der Waals surface area contributed by atoms with E-state index in [0.29, 0.717) is 0 Å². The number of aromatic nitrogens is 1. The first-order valence-electron chi connectivity index (χ1n) is 19.5. The van der Waals surface area contributed by atoms with Gasteiger partial charge in [0.05, 0.1) is 48.2 Å². The van der Waals surface area contributed by atoms with Crippen LogP contribution in [0.1, 0.15) is 79.7 Å². The number of para-hydroxylation sites is 1. The molecule has 1 aromatic carbocycles. The predicted octanol–water partition coefficient (Wildman–Crippen LogP) is 4.50. The summed E-state index contributed by atoms with van der Waals surface area (Å²) in [6.07, 6.45) is 0.942. The summed E-state index contributed by atoms with van der Waals surface area (Å²) < 4.78 is 25.2. The van der Waals surface area contributed by atoms with Crippen molar-refractivity contribution in [2.24, 2.45) is 23.7 Å². The first kappa shape index (κ1) is 42.4. The Morgan fingerprint density at radius 1 is 1.05 bits per heavy atom. The van der Waals surface area contributed by atoms with Crippen molar-refractivity contribution >= 4 is 40.6 Å². The number of Topliss-reactive ketones (excluding diaryl/α,β-unsaturated/α-hetero) is 2. The van der Waals surface area contributed by atoms with Crippen LogP contribution in [0.3, 0.4) is 0 Å². The molecule has 0 spiro atoms. The molecular weight excluding hydrogens is 706 g/mol. The summed E-state index contributed by atoms with van der Waals surface area (Å²) >= 11 is 0. The Labute approximate surface area is 324 Å². The third kappa shape index (κ3) is 8.81. The smallest absolute Gasteiger partial charge is 0.408 e. The van der Waals surface area contributed by atoms with Crippen molar-refractivity contribution in [2.45, 2.75) is 128 Å². The zero-order chi connectivity index (χ0) is 40.4. The molecule has 13 atom stereocenters. The molecule has 13 heteroatoms. The van der Waals surface area contributed by atoms with Crippen LogP contribution in [0.25, 0.3) is 17.0 Å². The van der Waals surface area contributed by atoms with E-state index in [1.807, 2.05) is 61.5 Å². The molecule has 4 heterocycles. The average molecular weight is 766 g/mol. The Balaban J connectivity index is 1.57. The number of fused-ring (bicyclic) bond motifs is 3. The number of ether oxygens (including phenoxy) is 4. The Kier molecular flexibility index (Phi) is 13.2. The highest BCUT2D eigenvalue weighted by Crippen LogP contribution is 2.46. The van der Waals surface area contributed by atoms with E-state index in [1.165, 1.54) is 6.92 Å². The molecule has 55 heavy (non-hydrogen) atoms. The molecule has 2 aromatic rings. The number of rotatable bonds is 10. The highest BCUT2D eigenvalue weighted by Gasteiger charge is 2.59. The van der Waals surface area contributed by atoms with E-state index < -0.39 is 95.3 Å². The molecule has 1 aromatic heterocycles. The molecule has 1 amide bonds. The maximum Gasteiger partial charge on any atom is 0.408 e. The standard InChI is InChI=1S/C42H59N3O10/c1-10-33-41(7)37(44-40(51)55-41)25(4)34(47)23(2)20-42(52-17-13-14-28-19-29-15-11-12-16-30(29)43-22-28)21-32(36(49)31(45(8)9)18-24(3)46)53-38(42)26(5)35(48)27(6)39(50)54-33/h11-16,19,22-27,31-33,36-38,46,49H,10,17-18,20-21H2,1-9H3,(H,44,51)/b14-13+/t23-,24-,25+,26+,27-,31+,32-,33-,36-,37-,38-,41-,42+/m1/s1. The number of amides is 1. The number of ketones is 2. The van der Waals surface area contributed by atoms with Gasteiger partial charge in [-0.1, -0.05) is 58.0 Å². The number of carbonyl (C=O) groups is 4. The minimum Gasteiger partial charge on any atom is -0.458 e. The van der Waals surface area contributed by atoms with Crippen molar-refractivity contribution in [3.63, 3.8) is 0 Å². The summed E-state index contributed by atoms with van der Waals surface area (Å²) in [6, 6.07) is 8.47. The van der Waals surface area contributed by atoms with Crippen molar-refractivity contribution < 1.29 is 48.3 Å². The van der Waals surface area contributed by atoms with E-state index in [1.54, 1.807) is 47.7 Å². The predicted molar refractivity (Wildman–Crippen MR) is 206 cm³/mol. The summed E-state index contributed by atoms with van der Waals surface area (Å²) in [6.45, 7) is 11.8. The van der Waals surface area contributed by atoms with E-state index in [-0.39, 0.29) is 38.1 Å². The molecule has 0 unspecified atom stereocenters. The van der Waals surface area contributed by atoms with E-state index >= 15 is 0 Å². The molecule has 3 aliphatic rings. The summed E-state index contributed by atoms with van der Waals surface area (Å²) in [5.74, 6) is -5.00. The zero-order valence-electron chi connectivity index (χ0n) is 33.6. The molecule has 3 aliphatic heterocycles. The number of hydrogen-bond donors (Lipinski definition) is 3. The Morgan fingerprint density at radius 2 is 1.76 bits per heavy atom. The molecule has 0 aliphatic carbocycles. The molecule has 302 valence electrons. The topological polar surface area (TPSA) is 174 Å². The minimum atomic E-state index is -1.38. The number of hydrogen-bond acceptors (Lipinski definition) is 12. The van der Waals surface area contributed by atoms with Crippen molar-refractivity contribution in [1.29, 1.82) is 0 Å². The molecule has 0 radical (unpaired) electrons. The maximum absolute atomic E-state index is 14.5. The molecule has 3 saturated heterocycles. The lowest BCUT2D eigenvalue weighted by atomic mass is 9.72. The normalized spacial score (nSPS) is 35.1. The van der Waals surface area contributed by atoms with Gasteiger partial charge in [-0.2, -0.15) is 0 Å². The largest absolute Gasteiger partial charge is 0.458 e. The van der Waals surface area contributed by atoms with E-state index in [0.717, 1.165) is 16.5 Å². The number of aliphatic hydroxyl groups excluding tert-OH is 2. The van der Waals surface area contributed by atoms with Crippen LogP contribution in [-0.4, -0.2) is 118 Å². The fourth-order valence-corrected chi connectivity index (χ4v) is 9.01. The van der Waals surface area contributed by atoms with Crippen molar-refractivity contribution in [3.05, 3.63) is 48.2 Å². The molecular formula is C42H59N3O10. The molecule has 0 saturated carbocycles. The van der Waals surface area contributed by atoms with Gasteiger partial charge in [-0.05, 0) is 71.8 Å². The van der Waals surface area contributed by atoms with Crippen LogP contribution in [0.15, 0.2) is 42.6 Å². The van der Waals surface area contributed by atoms with Gasteiger partial charge < -0.3 is 39.4 Å². The quantitative estimate of drug-likeness (QED) is 0.229. The van der Waals surface area contributed by atoms with Crippen LogP contribution in [0.5, 0.6) is 0 Å². The number of cyclic esters (lactones) is 1. The Hall–Kier alpha value is -3.75. The van der Waals surface area contributed by atoms with Gasteiger partial charge in [-0.25, -0.2) is 4.79 Å². The van der Waals surface area contributed by atoms with Gasteiger partial charge in [-0.3, -0.25) is 19.4 Å². The van der Waals surface area contributed by atoms with Gasteiger partial charge in [-0.15, -0.1) is 0 Å². The van der Waals surface area contributed by atoms with Gasteiger partial charge in [0.2, 0.25) is 0 Å². The number of carbonyl (C=O) groups excluding carboxylic acids is 4. The molecule has 13 nitrogen and oxygen atoms in total. The van der Waals surface area contributed by atoms with Crippen LogP contribution >= 0.6 is 0 Å². The second-order valence-electron chi connectivity index (χ2n) is 16.4. The number of esters is 1. The highest BCUT2D eigenvalue weighted by atomic mass is 16.6. The van der Waals surface area contributed by atoms with Crippen molar-refractivity contribution in [2.75, 3.05) is 20.7 Å². The lowest BCUT2D eigenvalue weighted by Gasteiger charge is -2.41. The minimum absolute atomic E-state index is 0.0675. The van der Waals surface area contributed by atoms with Crippen LogP contribution in [0.2, 0.25) is 0 Å². The van der Waals surface area contributed by atoms with Crippen LogP contribution in [-0.2, 0) is 33.3 Å². The third-order valence-corrected chi connectivity index (χ3v) is 12.0. The fraction of sp³-hybridized carbons (Fsp3) is 0.643. The molecule has 3 fully saturated rings. The van der Waals surface area contributed by atoms with Crippen LogP contribution in [0, 0.1) is 23.7 Å². The lowest BCUT2D eigenvalue weighted by Crippen LogP contribution is -2.57. The number of pyridine rings is 1. The van der Waals surface area contributed by atoms with Gasteiger partial charge >= 0.3 is 12.1 Å². The number of alkyl carbamates (subject to hydrolysis) is 1. The number of likely N-dealkylation sites (N-methyl/N-ethyl adjacent to an activating group) is 1. The molecule has 5 rings (SSSR count). The maximum atomic E-state index is 14.5. The van der Waals surface area contributed by atoms with Gasteiger partial charge in [0.1, 0.15) is 17.8 Å².